The number of carbonyl (C=O) groups excluding carboxylic acids is 1. The van der Waals surface area contributed by atoms with Crippen LogP contribution in [0, 0.1) is 5.92 Å². The molecular formula is C19H30N2O2. The van der Waals surface area contributed by atoms with Crippen molar-refractivity contribution in [2.75, 3.05) is 19.7 Å². The number of rotatable bonds is 5. The SMILES string of the molecule is CC(C)COc1ccccc1C(=O)N1CC[C@@H](NC(C)(C)C)C1. The summed E-state index contributed by atoms with van der Waals surface area (Å²) < 4.78 is 5.82. The molecular weight excluding hydrogens is 288 g/mol. The summed E-state index contributed by atoms with van der Waals surface area (Å²) in [6.07, 6.45) is 0.998. The second kappa shape index (κ2) is 7.35. The van der Waals surface area contributed by atoms with Crippen molar-refractivity contribution in [3.05, 3.63) is 29.8 Å². The summed E-state index contributed by atoms with van der Waals surface area (Å²) in [5.41, 5.74) is 0.742. The average molecular weight is 318 g/mol. The Labute approximate surface area is 140 Å². The fraction of sp³-hybridized carbons (Fsp3) is 0.632. The number of carbonyl (C=O) groups is 1. The van der Waals surface area contributed by atoms with Crippen LogP contribution in [0.5, 0.6) is 5.75 Å². The minimum absolute atomic E-state index is 0.0714. The molecule has 1 fully saturated rings. The molecule has 4 nitrogen and oxygen atoms in total. The van der Waals surface area contributed by atoms with Crippen molar-refractivity contribution in [3.63, 3.8) is 0 Å². The van der Waals surface area contributed by atoms with Gasteiger partial charge >= 0.3 is 0 Å². The number of benzene rings is 1. The summed E-state index contributed by atoms with van der Waals surface area (Å²) >= 11 is 0. The van der Waals surface area contributed by atoms with E-state index in [1.165, 1.54) is 0 Å². The molecule has 0 aliphatic carbocycles. The largest absolute Gasteiger partial charge is 0.492 e. The van der Waals surface area contributed by atoms with Gasteiger partial charge in [0.2, 0.25) is 0 Å². The zero-order valence-corrected chi connectivity index (χ0v) is 15.1. The first-order valence-electron chi connectivity index (χ1n) is 8.55. The molecule has 1 saturated heterocycles. The highest BCUT2D eigenvalue weighted by atomic mass is 16.5. The number of nitrogens with zero attached hydrogens (tertiary/aromatic N) is 1. The van der Waals surface area contributed by atoms with E-state index in [0.29, 0.717) is 29.9 Å². The van der Waals surface area contributed by atoms with E-state index in [1.807, 2.05) is 29.2 Å². The lowest BCUT2D eigenvalue weighted by Gasteiger charge is -2.26. The van der Waals surface area contributed by atoms with Crippen LogP contribution < -0.4 is 10.1 Å². The van der Waals surface area contributed by atoms with Crippen LogP contribution in [-0.4, -0.2) is 42.1 Å². The molecule has 128 valence electrons. The smallest absolute Gasteiger partial charge is 0.257 e. The maximum Gasteiger partial charge on any atom is 0.257 e. The Morgan fingerprint density at radius 3 is 2.70 bits per heavy atom. The molecule has 4 heteroatoms. The second-order valence-electron chi connectivity index (χ2n) is 7.83. The maximum atomic E-state index is 12.8. The third-order valence-corrected chi connectivity index (χ3v) is 3.80. The molecule has 0 aromatic heterocycles. The zero-order valence-electron chi connectivity index (χ0n) is 15.1. The molecule has 1 aromatic rings. The maximum absolute atomic E-state index is 12.8. The highest BCUT2D eigenvalue weighted by molar-refractivity contribution is 5.97. The lowest BCUT2D eigenvalue weighted by molar-refractivity contribution is 0.0782. The standard InChI is InChI=1S/C19H30N2O2/c1-14(2)13-23-17-9-7-6-8-16(17)18(22)21-11-10-15(12-21)20-19(3,4)5/h6-9,14-15,20H,10-13H2,1-5H3/t15-/m1/s1. The van der Waals surface area contributed by atoms with Crippen LogP contribution in [0.4, 0.5) is 0 Å². The molecule has 0 spiro atoms. The first kappa shape index (κ1) is 17.8. The number of hydrogen-bond donors (Lipinski definition) is 1. The monoisotopic (exact) mass is 318 g/mol. The molecule has 1 aromatic carbocycles. The Kier molecular flexibility index (Phi) is 5.69. The Morgan fingerprint density at radius 1 is 1.35 bits per heavy atom. The molecule has 1 heterocycles. The van der Waals surface area contributed by atoms with Crippen LogP contribution >= 0.6 is 0 Å². The van der Waals surface area contributed by atoms with E-state index in [0.717, 1.165) is 19.5 Å². The Bertz CT molecular complexity index is 534. The van der Waals surface area contributed by atoms with Crippen molar-refractivity contribution in [1.29, 1.82) is 0 Å². The van der Waals surface area contributed by atoms with Crippen LogP contribution in [0.2, 0.25) is 0 Å². The molecule has 0 saturated carbocycles. The highest BCUT2D eigenvalue weighted by Gasteiger charge is 2.30. The molecule has 1 N–H and O–H groups in total. The molecule has 1 aliphatic rings. The zero-order chi connectivity index (χ0) is 17.0. The number of nitrogens with one attached hydrogen (secondary N) is 1. The number of likely N-dealkylation sites (tertiary alicyclic amines) is 1. The summed E-state index contributed by atoms with van der Waals surface area (Å²) in [4.78, 5) is 14.8. The van der Waals surface area contributed by atoms with Crippen LogP contribution in [-0.2, 0) is 0 Å². The van der Waals surface area contributed by atoms with E-state index in [9.17, 15) is 4.79 Å². The van der Waals surface area contributed by atoms with E-state index >= 15 is 0 Å². The van der Waals surface area contributed by atoms with E-state index < -0.39 is 0 Å². The number of ether oxygens (including phenoxy) is 1. The van der Waals surface area contributed by atoms with Crippen molar-refractivity contribution in [3.8, 4) is 5.75 Å². The minimum Gasteiger partial charge on any atom is -0.492 e. The van der Waals surface area contributed by atoms with Crippen LogP contribution in [0.3, 0.4) is 0 Å². The van der Waals surface area contributed by atoms with E-state index in [4.69, 9.17) is 4.74 Å². The Balaban J connectivity index is 2.04. The molecule has 23 heavy (non-hydrogen) atoms. The van der Waals surface area contributed by atoms with Crippen LogP contribution in [0.1, 0.15) is 51.4 Å². The van der Waals surface area contributed by atoms with Gasteiger partial charge in [0.05, 0.1) is 12.2 Å². The van der Waals surface area contributed by atoms with Gasteiger partial charge in [-0.25, -0.2) is 0 Å². The van der Waals surface area contributed by atoms with Gasteiger partial charge in [0.1, 0.15) is 5.75 Å². The first-order valence-corrected chi connectivity index (χ1v) is 8.55. The van der Waals surface area contributed by atoms with Gasteiger partial charge in [-0.3, -0.25) is 4.79 Å². The number of hydrogen-bond acceptors (Lipinski definition) is 3. The van der Waals surface area contributed by atoms with Gasteiger partial charge in [-0.15, -0.1) is 0 Å². The molecule has 1 atom stereocenters. The molecule has 0 unspecified atom stereocenters. The lowest BCUT2D eigenvalue weighted by atomic mass is 10.1. The topological polar surface area (TPSA) is 41.6 Å². The van der Waals surface area contributed by atoms with E-state index in [1.54, 1.807) is 0 Å². The van der Waals surface area contributed by atoms with Crippen molar-refractivity contribution >= 4 is 5.91 Å². The molecule has 1 amide bonds. The van der Waals surface area contributed by atoms with Crippen molar-refractivity contribution in [2.45, 2.75) is 52.6 Å². The highest BCUT2D eigenvalue weighted by Crippen LogP contribution is 2.23. The molecule has 0 bridgehead atoms. The van der Waals surface area contributed by atoms with Gasteiger partial charge in [-0.2, -0.15) is 0 Å². The molecule has 2 rings (SSSR count). The number of amides is 1. The van der Waals surface area contributed by atoms with Gasteiger partial charge in [0.15, 0.2) is 0 Å². The van der Waals surface area contributed by atoms with Crippen LogP contribution in [0.15, 0.2) is 24.3 Å². The molecule has 1 aliphatic heterocycles. The summed E-state index contributed by atoms with van der Waals surface area (Å²) in [5, 5.41) is 3.58. The minimum atomic E-state index is 0.0714. The predicted octanol–water partition coefficient (Wildman–Crippen LogP) is 3.32. The first-order chi connectivity index (χ1) is 10.8. The lowest BCUT2D eigenvalue weighted by Crippen LogP contribution is -2.45. The second-order valence-corrected chi connectivity index (χ2v) is 7.83. The Hall–Kier alpha value is -1.55. The summed E-state index contributed by atoms with van der Waals surface area (Å²) in [6, 6.07) is 7.93. The van der Waals surface area contributed by atoms with Crippen molar-refractivity contribution in [2.24, 2.45) is 5.92 Å². The summed E-state index contributed by atoms with van der Waals surface area (Å²) in [5.74, 6) is 1.20. The molecule has 0 radical (unpaired) electrons. The Morgan fingerprint density at radius 2 is 2.04 bits per heavy atom. The van der Waals surface area contributed by atoms with E-state index in [2.05, 4.69) is 39.9 Å². The van der Waals surface area contributed by atoms with Crippen molar-refractivity contribution in [1.82, 2.24) is 10.2 Å². The normalized spacial score (nSPS) is 18.5. The fourth-order valence-corrected chi connectivity index (χ4v) is 2.87. The third kappa shape index (κ3) is 5.24. The third-order valence-electron chi connectivity index (χ3n) is 3.80. The summed E-state index contributed by atoms with van der Waals surface area (Å²) in [7, 11) is 0. The van der Waals surface area contributed by atoms with Gasteiger partial charge < -0.3 is 15.0 Å². The van der Waals surface area contributed by atoms with Crippen LogP contribution in [0.25, 0.3) is 0 Å². The van der Waals surface area contributed by atoms with E-state index in [-0.39, 0.29) is 11.4 Å². The van der Waals surface area contributed by atoms with Gasteiger partial charge in [-0.05, 0) is 45.2 Å². The predicted molar refractivity (Wildman–Crippen MR) is 94.0 cm³/mol. The number of para-hydroxylation sites is 1. The quantitative estimate of drug-likeness (QED) is 0.905. The van der Waals surface area contributed by atoms with Gasteiger partial charge in [0, 0.05) is 24.7 Å². The van der Waals surface area contributed by atoms with Crippen molar-refractivity contribution < 1.29 is 9.53 Å². The van der Waals surface area contributed by atoms with Gasteiger partial charge in [-0.1, -0.05) is 26.0 Å². The fourth-order valence-electron chi connectivity index (χ4n) is 2.87. The average Bonchev–Trinajstić information content (AvgIpc) is 2.91. The summed E-state index contributed by atoms with van der Waals surface area (Å²) in [6.45, 7) is 12.9. The van der Waals surface area contributed by atoms with Gasteiger partial charge in [0.25, 0.3) is 5.91 Å².